The van der Waals surface area contributed by atoms with Crippen LogP contribution in [0.1, 0.15) is 24.0 Å². The van der Waals surface area contributed by atoms with E-state index in [-0.39, 0.29) is 0 Å². The molecule has 0 aliphatic heterocycles. The number of halogens is 1. The Morgan fingerprint density at radius 3 is 2.89 bits per heavy atom. The van der Waals surface area contributed by atoms with Crippen molar-refractivity contribution < 1.29 is 0 Å². The molecule has 0 unspecified atom stereocenters. The molecule has 0 amide bonds. The van der Waals surface area contributed by atoms with Gasteiger partial charge in [-0.25, -0.2) is 9.97 Å². The first-order chi connectivity index (χ1) is 8.67. The van der Waals surface area contributed by atoms with Gasteiger partial charge in [-0.3, -0.25) is 0 Å². The summed E-state index contributed by atoms with van der Waals surface area (Å²) in [7, 11) is 0. The Bertz CT molecular complexity index is 527. The fraction of sp³-hybridized carbons (Fsp3) is 0.333. The molecule has 3 N–H and O–H groups in total. The molecule has 2 rings (SSSR count). The Hall–Kier alpha value is -1.14. The molecule has 0 spiro atoms. The quantitative estimate of drug-likeness (QED) is 0.883. The molecule has 96 valence electrons. The van der Waals surface area contributed by atoms with E-state index in [4.69, 9.17) is 5.73 Å². The van der Waals surface area contributed by atoms with E-state index in [1.165, 1.54) is 4.88 Å². The van der Waals surface area contributed by atoms with Crippen LogP contribution in [-0.4, -0.2) is 9.97 Å². The van der Waals surface area contributed by atoms with Gasteiger partial charge in [-0.15, -0.1) is 11.3 Å². The van der Waals surface area contributed by atoms with Gasteiger partial charge < -0.3 is 11.1 Å². The average Bonchev–Trinajstić information content (AvgIpc) is 2.72. The predicted octanol–water partition coefficient (Wildman–Crippen LogP) is 3.45. The summed E-state index contributed by atoms with van der Waals surface area (Å²) in [5, 5.41) is 3.27. The molecule has 0 fully saturated rings. The SMILES string of the molecule is CCCc1nc(N)cc(NCc2ccc(Br)s2)n1. The van der Waals surface area contributed by atoms with Gasteiger partial charge in [0.15, 0.2) is 0 Å². The number of hydrogen-bond acceptors (Lipinski definition) is 5. The number of nitrogen functional groups attached to an aromatic ring is 1. The van der Waals surface area contributed by atoms with Gasteiger partial charge in [0, 0.05) is 17.4 Å². The van der Waals surface area contributed by atoms with Crippen LogP contribution in [0.2, 0.25) is 0 Å². The van der Waals surface area contributed by atoms with Crippen LogP contribution >= 0.6 is 27.3 Å². The largest absolute Gasteiger partial charge is 0.384 e. The standard InChI is InChI=1S/C12H15BrN4S/c1-2-3-11-16-10(14)6-12(17-11)15-7-8-4-5-9(13)18-8/h4-6H,2-3,7H2,1H3,(H3,14,15,16,17). The summed E-state index contributed by atoms with van der Waals surface area (Å²) in [6.45, 7) is 2.85. The maximum Gasteiger partial charge on any atom is 0.133 e. The van der Waals surface area contributed by atoms with Crippen molar-refractivity contribution in [3.05, 3.63) is 32.7 Å². The zero-order valence-corrected chi connectivity index (χ0v) is 12.5. The minimum atomic E-state index is 0.517. The van der Waals surface area contributed by atoms with Crippen molar-refractivity contribution in [1.29, 1.82) is 0 Å². The first kappa shape index (κ1) is 13.3. The number of rotatable bonds is 5. The molecule has 2 aromatic rings. The zero-order valence-electron chi connectivity index (χ0n) is 10.1. The summed E-state index contributed by atoms with van der Waals surface area (Å²) in [5.74, 6) is 2.10. The molecule has 0 atom stereocenters. The number of nitrogens with zero attached hydrogens (tertiary/aromatic N) is 2. The minimum absolute atomic E-state index is 0.517. The number of thiophene rings is 1. The lowest BCUT2D eigenvalue weighted by molar-refractivity contribution is 0.837. The normalized spacial score (nSPS) is 10.6. The molecule has 0 bridgehead atoms. The van der Waals surface area contributed by atoms with Gasteiger partial charge in [-0.2, -0.15) is 0 Å². The van der Waals surface area contributed by atoms with Gasteiger partial charge in [0.25, 0.3) is 0 Å². The van der Waals surface area contributed by atoms with Crippen molar-refractivity contribution in [3.8, 4) is 0 Å². The van der Waals surface area contributed by atoms with E-state index in [1.54, 1.807) is 17.4 Å². The van der Waals surface area contributed by atoms with E-state index >= 15 is 0 Å². The number of nitrogens with one attached hydrogen (secondary N) is 1. The molecule has 2 heterocycles. The van der Waals surface area contributed by atoms with Crippen molar-refractivity contribution in [1.82, 2.24) is 9.97 Å². The number of aryl methyl sites for hydroxylation is 1. The molecule has 0 radical (unpaired) electrons. The van der Waals surface area contributed by atoms with Crippen molar-refractivity contribution >= 4 is 38.9 Å². The molecule has 0 aliphatic carbocycles. The molecule has 18 heavy (non-hydrogen) atoms. The minimum Gasteiger partial charge on any atom is -0.384 e. The predicted molar refractivity (Wildman–Crippen MR) is 79.8 cm³/mol. The van der Waals surface area contributed by atoms with E-state index in [2.05, 4.69) is 44.2 Å². The van der Waals surface area contributed by atoms with Crippen LogP contribution in [0, 0.1) is 0 Å². The Morgan fingerprint density at radius 2 is 2.22 bits per heavy atom. The van der Waals surface area contributed by atoms with Crippen LogP contribution in [0.4, 0.5) is 11.6 Å². The Balaban J connectivity index is 2.04. The van der Waals surface area contributed by atoms with Gasteiger partial charge in [0.2, 0.25) is 0 Å². The molecule has 2 aromatic heterocycles. The van der Waals surface area contributed by atoms with Crippen molar-refractivity contribution in [3.63, 3.8) is 0 Å². The fourth-order valence-electron chi connectivity index (χ4n) is 1.57. The molecule has 0 aliphatic rings. The van der Waals surface area contributed by atoms with E-state index in [9.17, 15) is 0 Å². The van der Waals surface area contributed by atoms with Crippen LogP contribution in [0.5, 0.6) is 0 Å². The Kier molecular flexibility index (Phi) is 4.54. The third kappa shape index (κ3) is 3.68. The summed E-state index contributed by atoms with van der Waals surface area (Å²) < 4.78 is 1.13. The molecular formula is C12H15BrN4S. The van der Waals surface area contributed by atoms with Gasteiger partial charge in [-0.1, -0.05) is 6.92 Å². The lowest BCUT2D eigenvalue weighted by atomic mass is 10.3. The highest BCUT2D eigenvalue weighted by atomic mass is 79.9. The van der Waals surface area contributed by atoms with Crippen LogP contribution < -0.4 is 11.1 Å². The van der Waals surface area contributed by atoms with E-state index in [0.29, 0.717) is 5.82 Å². The van der Waals surface area contributed by atoms with Crippen LogP contribution in [0.15, 0.2) is 22.0 Å². The smallest absolute Gasteiger partial charge is 0.133 e. The summed E-state index contributed by atoms with van der Waals surface area (Å²) in [5.41, 5.74) is 5.77. The first-order valence-corrected chi connectivity index (χ1v) is 7.40. The van der Waals surface area contributed by atoms with Crippen LogP contribution in [0.25, 0.3) is 0 Å². The fourth-order valence-corrected chi connectivity index (χ4v) is 2.99. The van der Waals surface area contributed by atoms with Gasteiger partial charge in [0.1, 0.15) is 17.5 Å². The van der Waals surface area contributed by atoms with Crippen LogP contribution in [0.3, 0.4) is 0 Å². The Morgan fingerprint density at radius 1 is 1.39 bits per heavy atom. The van der Waals surface area contributed by atoms with Gasteiger partial charge in [-0.05, 0) is 34.5 Å². The van der Waals surface area contributed by atoms with Crippen molar-refractivity contribution in [2.75, 3.05) is 11.1 Å². The number of aromatic nitrogens is 2. The number of anilines is 2. The third-order valence-corrected chi connectivity index (χ3v) is 3.96. The topological polar surface area (TPSA) is 63.8 Å². The molecule has 6 heteroatoms. The van der Waals surface area contributed by atoms with Gasteiger partial charge in [0.05, 0.1) is 10.3 Å². The van der Waals surface area contributed by atoms with Crippen molar-refractivity contribution in [2.45, 2.75) is 26.3 Å². The average molecular weight is 327 g/mol. The second-order valence-corrected chi connectivity index (χ2v) is 6.45. The molecule has 0 aromatic carbocycles. The summed E-state index contributed by atoms with van der Waals surface area (Å²) in [4.78, 5) is 9.89. The lowest BCUT2D eigenvalue weighted by Crippen LogP contribution is -2.05. The molecule has 0 saturated heterocycles. The summed E-state index contributed by atoms with van der Waals surface area (Å²) in [6.07, 6.45) is 1.87. The highest BCUT2D eigenvalue weighted by Crippen LogP contribution is 2.22. The van der Waals surface area contributed by atoms with Crippen LogP contribution in [-0.2, 0) is 13.0 Å². The van der Waals surface area contributed by atoms with Crippen molar-refractivity contribution in [2.24, 2.45) is 0 Å². The maximum atomic E-state index is 5.77. The number of nitrogens with two attached hydrogens (primary N) is 1. The summed E-state index contributed by atoms with van der Waals surface area (Å²) >= 11 is 5.15. The first-order valence-electron chi connectivity index (χ1n) is 5.79. The second-order valence-electron chi connectivity index (χ2n) is 3.90. The maximum absolute atomic E-state index is 5.77. The molecule has 4 nitrogen and oxygen atoms in total. The molecular weight excluding hydrogens is 312 g/mol. The third-order valence-electron chi connectivity index (χ3n) is 2.34. The van der Waals surface area contributed by atoms with E-state index < -0.39 is 0 Å². The second kappa shape index (κ2) is 6.15. The van der Waals surface area contributed by atoms with E-state index in [0.717, 1.165) is 34.8 Å². The monoisotopic (exact) mass is 326 g/mol. The molecule has 0 saturated carbocycles. The summed E-state index contributed by atoms with van der Waals surface area (Å²) in [6, 6.07) is 5.89. The number of hydrogen-bond donors (Lipinski definition) is 2. The highest BCUT2D eigenvalue weighted by Gasteiger charge is 2.03. The lowest BCUT2D eigenvalue weighted by Gasteiger charge is -2.07. The Labute approximate surface area is 119 Å². The van der Waals surface area contributed by atoms with Gasteiger partial charge >= 0.3 is 0 Å². The van der Waals surface area contributed by atoms with E-state index in [1.807, 2.05) is 6.07 Å². The zero-order chi connectivity index (χ0) is 13.0. The highest BCUT2D eigenvalue weighted by molar-refractivity contribution is 9.11.